The van der Waals surface area contributed by atoms with Crippen LogP contribution in [0.5, 0.6) is 0 Å². The van der Waals surface area contributed by atoms with E-state index in [-0.39, 0.29) is 0 Å². The van der Waals surface area contributed by atoms with E-state index in [1.165, 1.54) is 16.6 Å². The van der Waals surface area contributed by atoms with E-state index in [4.69, 9.17) is 11.6 Å². The van der Waals surface area contributed by atoms with Crippen LogP contribution in [0.25, 0.3) is 0 Å². The molecule has 21 heavy (non-hydrogen) atoms. The molecule has 0 unspecified atom stereocenters. The second-order valence-corrected chi connectivity index (χ2v) is 5.71. The van der Waals surface area contributed by atoms with Gasteiger partial charge < -0.3 is 0 Å². The number of hydrogen-bond donors (Lipinski definition) is 0. The molecule has 107 valence electrons. The molecule has 0 saturated heterocycles. The molecule has 2 aromatic rings. The van der Waals surface area contributed by atoms with Crippen LogP contribution in [0.4, 0.5) is 0 Å². The van der Waals surface area contributed by atoms with Crippen LogP contribution in [0, 0.1) is 6.92 Å². The van der Waals surface area contributed by atoms with Crippen molar-refractivity contribution in [3.8, 4) is 0 Å². The Kier molecular flexibility index (Phi) is 6.62. The molecule has 0 nitrogen and oxygen atoms in total. The molecule has 0 aromatic heterocycles. The summed E-state index contributed by atoms with van der Waals surface area (Å²) in [5.74, 6) is 0. The molecule has 0 aliphatic carbocycles. The summed E-state index contributed by atoms with van der Waals surface area (Å²) in [5, 5.41) is 0.823. The Morgan fingerprint density at radius 3 is 2.62 bits per heavy atom. The lowest BCUT2D eigenvalue weighted by atomic mass is 9.65. The van der Waals surface area contributed by atoms with Gasteiger partial charge in [0.25, 0.3) is 0 Å². The molecular formula is C19H21BCl. The summed E-state index contributed by atoms with van der Waals surface area (Å²) in [7, 11) is 2.32. The molecule has 0 heterocycles. The van der Waals surface area contributed by atoms with Crippen molar-refractivity contribution in [1.82, 2.24) is 0 Å². The van der Waals surface area contributed by atoms with Gasteiger partial charge in [0.15, 0.2) is 7.28 Å². The maximum atomic E-state index is 5.97. The van der Waals surface area contributed by atoms with Crippen LogP contribution >= 0.6 is 11.6 Å². The van der Waals surface area contributed by atoms with Crippen molar-refractivity contribution in [1.29, 1.82) is 0 Å². The Hall–Kier alpha value is -1.47. The van der Waals surface area contributed by atoms with Crippen molar-refractivity contribution in [3.63, 3.8) is 0 Å². The molecule has 2 aromatic carbocycles. The van der Waals surface area contributed by atoms with Crippen molar-refractivity contribution in [2.45, 2.75) is 32.5 Å². The van der Waals surface area contributed by atoms with Crippen LogP contribution < -0.4 is 5.46 Å². The monoisotopic (exact) mass is 295 g/mol. The van der Waals surface area contributed by atoms with Crippen LogP contribution in [-0.4, -0.2) is 7.28 Å². The lowest BCUT2D eigenvalue weighted by molar-refractivity contribution is 0.992. The average molecular weight is 296 g/mol. The fourth-order valence-electron chi connectivity index (χ4n) is 2.33. The third-order valence-electron chi connectivity index (χ3n) is 3.54. The van der Waals surface area contributed by atoms with E-state index < -0.39 is 0 Å². The summed E-state index contributed by atoms with van der Waals surface area (Å²) in [6, 6.07) is 16.6. The summed E-state index contributed by atoms with van der Waals surface area (Å²) in [6.07, 6.45) is 8.87. The van der Waals surface area contributed by atoms with E-state index in [0.717, 1.165) is 30.6 Å². The largest absolute Gasteiger partial charge is 0.152 e. The zero-order valence-corrected chi connectivity index (χ0v) is 13.3. The Balaban J connectivity index is 1.64. The van der Waals surface area contributed by atoms with Gasteiger partial charge in [0.2, 0.25) is 0 Å². The summed E-state index contributed by atoms with van der Waals surface area (Å²) in [6.45, 7) is 2.16. The van der Waals surface area contributed by atoms with E-state index >= 15 is 0 Å². The molecule has 0 bridgehead atoms. The molecule has 0 amide bonds. The van der Waals surface area contributed by atoms with E-state index in [1.54, 1.807) is 0 Å². The Labute approximate surface area is 134 Å². The highest BCUT2D eigenvalue weighted by Gasteiger charge is 1.97. The third-order valence-corrected chi connectivity index (χ3v) is 3.78. The number of rotatable bonds is 7. The molecule has 0 N–H and O–H groups in total. The van der Waals surface area contributed by atoms with E-state index in [1.807, 2.05) is 18.2 Å². The highest BCUT2D eigenvalue weighted by Crippen LogP contribution is 2.12. The quantitative estimate of drug-likeness (QED) is 0.384. The summed E-state index contributed by atoms with van der Waals surface area (Å²) < 4.78 is 0. The van der Waals surface area contributed by atoms with Crippen LogP contribution in [-0.2, 0) is 6.42 Å². The van der Waals surface area contributed by atoms with Crippen LogP contribution in [0.15, 0.2) is 60.7 Å². The molecule has 0 aliphatic rings. The van der Waals surface area contributed by atoms with Gasteiger partial charge in [-0.2, -0.15) is 0 Å². The molecule has 0 spiro atoms. The number of aryl methyl sites for hydroxylation is 2. The average Bonchev–Trinajstić information content (AvgIpc) is 2.48. The smallest absolute Gasteiger partial charge is 0.0892 e. The second kappa shape index (κ2) is 8.74. The van der Waals surface area contributed by atoms with Crippen molar-refractivity contribution >= 4 is 24.3 Å². The van der Waals surface area contributed by atoms with Crippen molar-refractivity contribution < 1.29 is 0 Å². The fraction of sp³-hybridized carbons (Fsp3) is 0.263. The maximum Gasteiger partial charge on any atom is 0.152 e. The molecular weight excluding hydrogens is 274 g/mol. The second-order valence-electron chi connectivity index (χ2n) is 5.28. The highest BCUT2D eigenvalue weighted by atomic mass is 35.5. The standard InChI is InChI=1S/C19H21BCl/c1-16-9-5-6-13-19(16)20-14-7-3-2-4-10-17-11-8-12-18(21)15-17/h2-3,5-6,8-9,11-13,15H,4,7,10,14H2,1H3. The van der Waals surface area contributed by atoms with Gasteiger partial charge >= 0.3 is 0 Å². The number of halogens is 1. The topological polar surface area (TPSA) is 0 Å². The van der Waals surface area contributed by atoms with Gasteiger partial charge in [-0.3, -0.25) is 0 Å². The third kappa shape index (κ3) is 5.81. The van der Waals surface area contributed by atoms with Crippen LogP contribution in [0.3, 0.4) is 0 Å². The first-order valence-corrected chi connectivity index (χ1v) is 7.92. The summed E-state index contributed by atoms with van der Waals surface area (Å²) >= 11 is 5.97. The molecule has 0 saturated carbocycles. The molecule has 0 fully saturated rings. The van der Waals surface area contributed by atoms with Crippen LogP contribution in [0.2, 0.25) is 11.3 Å². The molecule has 0 aliphatic heterocycles. The van der Waals surface area contributed by atoms with Crippen molar-refractivity contribution in [2.24, 2.45) is 0 Å². The van der Waals surface area contributed by atoms with E-state index in [2.05, 4.69) is 56.7 Å². The Bertz CT molecular complexity index is 590. The van der Waals surface area contributed by atoms with Gasteiger partial charge in [-0.05, 0) is 43.9 Å². The van der Waals surface area contributed by atoms with Crippen LogP contribution in [0.1, 0.15) is 24.0 Å². The van der Waals surface area contributed by atoms with Gasteiger partial charge in [0.1, 0.15) is 0 Å². The first-order chi connectivity index (χ1) is 10.3. The Morgan fingerprint density at radius 1 is 1.00 bits per heavy atom. The zero-order chi connectivity index (χ0) is 14.9. The minimum Gasteiger partial charge on any atom is -0.0892 e. The minimum atomic E-state index is 0.823. The maximum absolute atomic E-state index is 5.97. The minimum absolute atomic E-state index is 0.823. The van der Waals surface area contributed by atoms with E-state index in [9.17, 15) is 0 Å². The lowest BCUT2D eigenvalue weighted by Gasteiger charge is -2.02. The molecule has 2 heteroatoms. The highest BCUT2D eigenvalue weighted by molar-refractivity contribution is 6.54. The first-order valence-electron chi connectivity index (χ1n) is 7.54. The van der Waals surface area contributed by atoms with Gasteiger partial charge in [0.05, 0.1) is 0 Å². The SMILES string of the molecule is Cc1ccccc1[B]CCC=CCCc1cccc(Cl)c1. The van der Waals surface area contributed by atoms with Gasteiger partial charge in [0, 0.05) is 5.02 Å². The fourth-order valence-corrected chi connectivity index (χ4v) is 2.54. The van der Waals surface area contributed by atoms with Gasteiger partial charge in [-0.1, -0.05) is 77.5 Å². The predicted molar refractivity (Wildman–Crippen MR) is 94.9 cm³/mol. The van der Waals surface area contributed by atoms with Gasteiger partial charge in [-0.15, -0.1) is 0 Å². The summed E-state index contributed by atoms with van der Waals surface area (Å²) in [5.41, 5.74) is 4.01. The normalized spacial score (nSPS) is 11.0. The summed E-state index contributed by atoms with van der Waals surface area (Å²) in [4.78, 5) is 0. The number of benzene rings is 2. The number of allylic oxidation sites excluding steroid dienone is 2. The van der Waals surface area contributed by atoms with Crippen molar-refractivity contribution in [2.75, 3.05) is 0 Å². The Morgan fingerprint density at radius 2 is 1.81 bits per heavy atom. The van der Waals surface area contributed by atoms with Gasteiger partial charge in [-0.25, -0.2) is 0 Å². The zero-order valence-electron chi connectivity index (χ0n) is 12.6. The van der Waals surface area contributed by atoms with Crippen molar-refractivity contribution in [3.05, 3.63) is 76.8 Å². The molecule has 0 atom stereocenters. The first kappa shape index (κ1) is 15.9. The van der Waals surface area contributed by atoms with E-state index in [0.29, 0.717) is 0 Å². The lowest BCUT2D eigenvalue weighted by Crippen LogP contribution is -2.16. The predicted octanol–water partition coefficient (Wildman–Crippen LogP) is 4.98. The molecule has 1 radical (unpaired) electrons. The molecule has 2 rings (SSSR count). The number of hydrogen-bond acceptors (Lipinski definition) is 0.